The fourth-order valence-corrected chi connectivity index (χ4v) is 0.889. The SMILES string of the molecule is C[C@]1(O)[CH]O[C@H](CO)[C@H]1O. The van der Waals surface area contributed by atoms with E-state index in [-0.39, 0.29) is 6.61 Å². The van der Waals surface area contributed by atoms with Gasteiger partial charge in [-0.25, -0.2) is 0 Å². The van der Waals surface area contributed by atoms with E-state index in [4.69, 9.17) is 14.9 Å². The zero-order chi connectivity index (χ0) is 7.78. The molecular formula is C6H11O4. The Morgan fingerprint density at radius 1 is 1.70 bits per heavy atom. The Morgan fingerprint density at radius 3 is 2.50 bits per heavy atom. The van der Waals surface area contributed by atoms with Crippen LogP contribution in [0.1, 0.15) is 6.92 Å². The molecule has 1 aliphatic heterocycles. The first-order chi connectivity index (χ1) is 4.58. The molecule has 1 radical (unpaired) electrons. The third kappa shape index (κ3) is 1.15. The number of aliphatic hydroxyl groups is 3. The summed E-state index contributed by atoms with van der Waals surface area (Å²) in [6.07, 6.45) is -1.72. The second-order valence-corrected chi connectivity index (χ2v) is 2.65. The molecule has 4 heteroatoms. The van der Waals surface area contributed by atoms with E-state index >= 15 is 0 Å². The molecular weight excluding hydrogens is 136 g/mol. The van der Waals surface area contributed by atoms with Crippen LogP contribution in [-0.2, 0) is 4.74 Å². The van der Waals surface area contributed by atoms with E-state index in [0.29, 0.717) is 0 Å². The molecule has 0 amide bonds. The lowest BCUT2D eigenvalue weighted by atomic mass is 10.00. The average molecular weight is 147 g/mol. The van der Waals surface area contributed by atoms with Gasteiger partial charge in [0.15, 0.2) is 0 Å². The van der Waals surface area contributed by atoms with Crippen LogP contribution in [0.2, 0.25) is 0 Å². The van der Waals surface area contributed by atoms with E-state index in [2.05, 4.69) is 0 Å². The highest BCUT2D eigenvalue weighted by Gasteiger charge is 2.44. The molecule has 0 aromatic rings. The highest BCUT2D eigenvalue weighted by Crippen LogP contribution is 2.27. The first-order valence-corrected chi connectivity index (χ1v) is 3.09. The van der Waals surface area contributed by atoms with Crippen LogP contribution in [0.15, 0.2) is 0 Å². The van der Waals surface area contributed by atoms with Gasteiger partial charge in [0.05, 0.1) is 6.61 Å². The molecule has 1 saturated heterocycles. The van der Waals surface area contributed by atoms with Gasteiger partial charge in [-0.1, -0.05) is 0 Å². The lowest BCUT2D eigenvalue weighted by molar-refractivity contribution is -0.0407. The van der Waals surface area contributed by atoms with Crippen molar-refractivity contribution >= 4 is 0 Å². The van der Waals surface area contributed by atoms with Crippen LogP contribution < -0.4 is 0 Å². The van der Waals surface area contributed by atoms with Gasteiger partial charge in [-0.3, -0.25) is 0 Å². The summed E-state index contributed by atoms with van der Waals surface area (Å²) in [6, 6.07) is 0. The zero-order valence-corrected chi connectivity index (χ0v) is 5.69. The summed E-state index contributed by atoms with van der Waals surface area (Å²) >= 11 is 0. The van der Waals surface area contributed by atoms with Gasteiger partial charge in [-0.15, -0.1) is 0 Å². The topological polar surface area (TPSA) is 69.9 Å². The van der Waals surface area contributed by atoms with Crippen molar-refractivity contribution < 1.29 is 20.1 Å². The van der Waals surface area contributed by atoms with Gasteiger partial charge in [0.2, 0.25) is 0 Å². The molecule has 3 atom stereocenters. The Morgan fingerprint density at radius 2 is 2.30 bits per heavy atom. The summed E-state index contributed by atoms with van der Waals surface area (Å²) in [7, 11) is 0. The third-order valence-electron chi connectivity index (χ3n) is 1.61. The second-order valence-electron chi connectivity index (χ2n) is 2.65. The Bertz CT molecular complexity index is 123. The molecule has 0 saturated carbocycles. The van der Waals surface area contributed by atoms with Crippen molar-refractivity contribution in [1.82, 2.24) is 0 Å². The number of ether oxygens (including phenoxy) is 1. The summed E-state index contributed by atoms with van der Waals surface area (Å²) in [5.74, 6) is 0. The maximum absolute atomic E-state index is 9.22. The normalized spacial score (nSPS) is 48.0. The van der Waals surface area contributed by atoms with Crippen LogP contribution in [-0.4, -0.2) is 39.7 Å². The molecule has 0 aromatic carbocycles. The fourth-order valence-electron chi connectivity index (χ4n) is 0.889. The summed E-state index contributed by atoms with van der Waals surface area (Å²) in [6.45, 7) is 2.28. The summed E-state index contributed by atoms with van der Waals surface area (Å²) in [4.78, 5) is 0. The Labute approximate surface area is 59.1 Å². The zero-order valence-electron chi connectivity index (χ0n) is 5.69. The minimum absolute atomic E-state index is 0.284. The molecule has 1 heterocycles. The molecule has 59 valence electrons. The Hall–Kier alpha value is -0.160. The van der Waals surface area contributed by atoms with E-state index in [1.807, 2.05) is 0 Å². The highest BCUT2D eigenvalue weighted by molar-refractivity contribution is 5.00. The van der Waals surface area contributed by atoms with Crippen LogP contribution in [0.5, 0.6) is 0 Å². The Kier molecular flexibility index (Phi) is 1.96. The van der Waals surface area contributed by atoms with Crippen molar-refractivity contribution in [3.05, 3.63) is 6.61 Å². The number of aliphatic hydroxyl groups excluding tert-OH is 2. The van der Waals surface area contributed by atoms with Crippen LogP contribution >= 0.6 is 0 Å². The van der Waals surface area contributed by atoms with Gasteiger partial charge in [0, 0.05) is 0 Å². The molecule has 10 heavy (non-hydrogen) atoms. The Balaban J connectivity index is 2.58. The van der Waals surface area contributed by atoms with Crippen LogP contribution in [0.4, 0.5) is 0 Å². The molecule has 0 aliphatic carbocycles. The van der Waals surface area contributed by atoms with Gasteiger partial charge in [-0.2, -0.15) is 0 Å². The summed E-state index contributed by atoms with van der Waals surface area (Å²) in [5.41, 5.74) is -1.33. The highest BCUT2D eigenvalue weighted by atomic mass is 16.5. The van der Waals surface area contributed by atoms with Crippen LogP contribution in [0.3, 0.4) is 0 Å². The van der Waals surface area contributed by atoms with Crippen molar-refractivity contribution in [2.45, 2.75) is 24.7 Å². The summed E-state index contributed by atoms with van der Waals surface area (Å²) in [5, 5.41) is 26.9. The van der Waals surface area contributed by atoms with Crippen molar-refractivity contribution in [1.29, 1.82) is 0 Å². The first-order valence-electron chi connectivity index (χ1n) is 3.09. The summed E-state index contributed by atoms with van der Waals surface area (Å²) < 4.78 is 4.75. The van der Waals surface area contributed by atoms with Crippen molar-refractivity contribution in [2.75, 3.05) is 6.61 Å². The minimum atomic E-state index is -1.33. The second kappa shape index (κ2) is 2.47. The van der Waals surface area contributed by atoms with Gasteiger partial charge < -0.3 is 20.1 Å². The van der Waals surface area contributed by atoms with Crippen molar-refractivity contribution in [3.8, 4) is 0 Å². The lowest BCUT2D eigenvalue weighted by Crippen LogP contribution is -2.40. The van der Waals surface area contributed by atoms with Gasteiger partial charge in [0.1, 0.15) is 24.4 Å². The number of hydrogen-bond donors (Lipinski definition) is 3. The molecule has 0 spiro atoms. The monoisotopic (exact) mass is 147 g/mol. The van der Waals surface area contributed by atoms with Gasteiger partial charge in [-0.05, 0) is 6.92 Å². The van der Waals surface area contributed by atoms with E-state index in [0.717, 1.165) is 6.61 Å². The predicted octanol–water partition coefficient (Wildman–Crippen LogP) is -1.35. The number of rotatable bonds is 1. The first kappa shape index (κ1) is 7.94. The average Bonchev–Trinajstić information content (AvgIpc) is 2.10. The van der Waals surface area contributed by atoms with E-state index in [9.17, 15) is 5.11 Å². The van der Waals surface area contributed by atoms with Gasteiger partial charge in [0.25, 0.3) is 0 Å². The standard InChI is InChI=1S/C6H11O4/c1-6(9)3-10-4(2-7)5(6)8/h3-5,7-9H,2H2,1H3/t4-,5-,6+/m1/s1. The number of hydrogen-bond acceptors (Lipinski definition) is 4. The lowest BCUT2D eigenvalue weighted by Gasteiger charge is -2.19. The molecule has 1 rings (SSSR count). The van der Waals surface area contributed by atoms with E-state index < -0.39 is 17.8 Å². The van der Waals surface area contributed by atoms with Crippen molar-refractivity contribution in [2.24, 2.45) is 0 Å². The molecule has 1 aliphatic rings. The van der Waals surface area contributed by atoms with Crippen molar-refractivity contribution in [3.63, 3.8) is 0 Å². The maximum atomic E-state index is 9.22. The maximum Gasteiger partial charge on any atom is 0.119 e. The molecule has 0 bridgehead atoms. The van der Waals surface area contributed by atoms with E-state index in [1.54, 1.807) is 0 Å². The quantitative estimate of drug-likeness (QED) is 0.429. The molecule has 0 aromatic heterocycles. The molecule has 0 unspecified atom stereocenters. The van der Waals surface area contributed by atoms with E-state index in [1.165, 1.54) is 6.92 Å². The minimum Gasteiger partial charge on any atom is -0.394 e. The molecule has 1 fully saturated rings. The van der Waals surface area contributed by atoms with Gasteiger partial charge >= 0.3 is 0 Å². The smallest absolute Gasteiger partial charge is 0.119 e. The van der Waals surface area contributed by atoms with Crippen LogP contribution in [0, 0.1) is 6.61 Å². The van der Waals surface area contributed by atoms with Crippen LogP contribution in [0.25, 0.3) is 0 Å². The fraction of sp³-hybridized carbons (Fsp3) is 0.833. The third-order valence-corrected chi connectivity index (χ3v) is 1.61. The predicted molar refractivity (Wildman–Crippen MR) is 32.9 cm³/mol. The largest absolute Gasteiger partial charge is 0.394 e. The molecule has 4 nitrogen and oxygen atoms in total. The molecule has 3 N–H and O–H groups in total.